The summed E-state index contributed by atoms with van der Waals surface area (Å²) in [6, 6.07) is 0.704. The Morgan fingerprint density at radius 1 is 1.33 bits per heavy atom. The number of anilines is 1. The van der Waals surface area contributed by atoms with Crippen LogP contribution in [-0.2, 0) is 9.53 Å². The number of ether oxygens (including phenoxy) is 2. The van der Waals surface area contributed by atoms with E-state index in [-0.39, 0.29) is 17.2 Å². The van der Waals surface area contributed by atoms with E-state index in [4.69, 9.17) is 13.9 Å². The van der Waals surface area contributed by atoms with Gasteiger partial charge < -0.3 is 13.9 Å². The third-order valence-corrected chi connectivity index (χ3v) is 4.00. The second-order valence-electron chi connectivity index (χ2n) is 7.17. The summed E-state index contributed by atoms with van der Waals surface area (Å²) in [6.45, 7) is 6.80. The molecule has 0 aromatic carbocycles. The van der Waals surface area contributed by atoms with Gasteiger partial charge in [-0.05, 0) is 40.5 Å². The number of nitrogens with zero attached hydrogens (tertiary/aromatic N) is 1. The molecule has 1 aromatic heterocycles. The molecule has 7 nitrogen and oxygen atoms in total. The summed E-state index contributed by atoms with van der Waals surface area (Å²) in [5, 5.41) is 0. The van der Waals surface area contributed by atoms with Crippen molar-refractivity contribution in [1.82, 2.24) is 0 Å². The quantitative estimate of drug-likeness (QED) is 0.724. The summed E-state index contributed by atoms with van der Waals surface area (Å²) in [4.78, 5) is 38.6. The molecule has 0 radical (unpaired) electrons. The Balaban J connectivity index is 2.13. The number of aryl methyl sites for hydroxylation is 1. The lowest BCUT2D eigenvalue weighted by Gasteiger charge is -2.42. The number of carbonyl (C=O) groups is 2. The van der Waals surface area contributed by atoms with E-state index >= 15 is 0 Å². The highest BCUT2D eigenvalue weighted by Gasteiger charge is 2.48. The smallest absolute Gasteiger partial charge is 0.415 e. The van der Waals surface area contributed by atoms with Gasteiger partial charge in [0, 0.05) is 12.5 Å². The average Bonchev–Trinajstić information content (AvgIpc) is 2.43. The van der Waals surface area contributed by atoms with Gasteiger partial charge in [0.05, 0.1) is 0 Å². The molecule has 0 saturated heterocycles. The summed E-state index contributed by atoms with van der Waals surface area (Å²) in [5.74, 6) is 0.497. The van der Waals surface area contributed by atoms with Crippen molar-refractivity contribution in [1.29, 1.82) is 0 Å². The molecule has 1 saturated carbocycles. The highest BCUT2D eigenvalue weighted by atomic mass is 16.6. The lowest BCUT2D eigenvalue weighted by atomic mass is 9.88. The van der Waals surface area contributed by atoms with Gasteiger partial charge in [0.25, 0.3) is 0 Å². The number of hydrogen-bond acceptors (Lipinski definition) is 6. The van der Waals surface area contributed by atoms with E-state index in [1.54, 1.807) is 33.8 Å². The fraction of sp³-hybridized carbons (Fsp3) is 0.588. The van der Waals surface area contributed by atoms with E-state index in [0.717, 1.165) is 4.90 Å². The first kappa shape index (κ1) is 16.5. The van der Waals surface area contributed by atoms with E-state index in [9.17, 15) is 14.4 Å². The van der Waals surface area contributed by atoms with Crippen LogP contribution in [-0.4, -0.2) is 29.6 Å². The van der Waals surface area contributed by atoms with Gasteiger partial charge in [-0.15, -0.1) is 0 Å². The highest BCUT2D eigenvalue weighted by Crippen LogP contribution is 2.39. The Hall–Kier alpha value is -2.31. The Morgan fingerprint density at radius 2 is 2.04 bits per heavy atom. The second-order valence-corrected chi connectivity index (χ2v) is 7.17. The van der Waals surface area contributed by atoms with Gasteiger partial charge in [0.15, 0.2) is 17.2 Å². The third kappa shape index (κ3) is 2.90. The highest BCUT2D eigenvalue weighted by molar-refractivity contribution is 6.00. The summed E-state index contributed by atoms with van der Waals surface area (Å²) >= 11 is 0. The zero-order valence-corrected chi connectivity index (χ0v) is 14.3. The Bertz CT molecular complexity index is 744. The van der Waals surface area contributed by atoms with Crippen molar-refractivity contribution in [3.63, 3.8) is 0 Å². The number of Topliss-reactive ketones (excluding diaryl/α,β-unsaturated/α-hetero) is 1. The minimum atomic E-state index is -0.855. The number of hydrogen-bond donors (Lipinski definition) is 0. The summed E-state index contributed by atoms with van der Waals surface area (Å²) in [7, 11) is 0. The number of ketones is 1. The SMILES string of the molecule is Cc1cc2c(c(=O)o1)N(C(=O)OC(C)(C)C)[C@H]1C(=O)CCC[C@H]1O2. The van der Waals surface area contributed by atoms with Crippen LogP contribution in [0.4, 0.5) is 10.5 Å². The predicted octanol–water partition coefficient (Wildman–Crippen LogP) is 2.57. The van der Waals surface area contributed by atoms with Crippen LogP contribution in [0.1, 0.15) is 45.8 Å². The number of carbonyl (C=O) groups excluding carboxylic acids is 2. The first-order valence-electron chi connectivity index (χ1n) is 8.04. The zero-order valence-electron chi connectivity index (χ0n) is 14.3. The molecule has 0 N–H and O–H groups in total. The van der Waals surface area contributed by atoms with Crippen molar-refractivity contribution in [2.75, 3.05) is 4.90 Å². The topological polar surface area (TPSA) is 86.0 Å². The van der Waals surface area contributed by atoms with Crippen molar-refractivity contribution in [3.05, 3.63) is 22.2 Å². The van der Waals surface area contributed by atoms with Crippen LogP contribution in [0.15, 0.2) is 15.3 Å². The molecule has 2 aliphatic rings. The van der Waals surface area contributed by atoms with Gasteiger partial charge in [-0.3, -0.25) is 9.69 Å². The minimum absolute atomic E-state index is 0.0636. The fourth-order valence-electron chi connectivity index (χ4n) is 3.13. The summed E-state index contributed by atoms with van der Waals surface area (Å²) in [5.41, 5.74) is -1.53. The maximum atomic E-state index is 12.7. The molecule has 1 fully saturated rings. The van der Waals surface area contributed by atoms with Gasteiger partial charge in [-0.25, -0.2) is 9.59 Å². The maximum Gasteiger partial charge on any atom is 0.415 e. The Morgan fingerprint density at radius 3 is 2.71 bits per heavy atom. The predicted molar refractivity (Wildman–Crippen MR) is 85.5 cm³/mol. The maximum absolute atomic E-state index is 12.7. The van der Waals surface area contributed by atoms with Crippen LogP contribution in [0.3, 0.4) is 0 Å². The van der Waals surface area contributed by atoms with Crippen LogP contribution < -0.4 is 15.3 Å². The van der Waals surface area contributed by atoms with Crippen molar-refractivity contribution in [3.8, 4) is 5.75 Å². The standard InChI is InChI=1S/C17H21NO6/c1-9-8-12-14(15(20)22-9)18(16(21)24-17(2,3)4)13-10(19)6-5-7-11(13)23-12/h8,11,13H,5-7H2,1-4H3/t11-,13+/m1/s1. The normalized spacial score (nSPS) is 23.2. The molecule has 0 spiro atoms. The molecule has 7 heteroatoms. The molecular weight excluding hydrogens is 314 g/mol. The molecule has 1 aromatic rings. The van der Waals surface area contributed by atoms with Crippen LogP contribution in [0.5, 0.6) is 5.75 Å². The number of amides is 1. The van der Waals surface area contributed by atoms with Crippen molar-refractivity contribution in [2.24, 2.45) is 0 Å². The summed E-state index contributed by atoms with van der Waals surface area (Å²) in [6.07, 6.45) is 0.448. The fourth-order valence-corrected chi connectivity index (χ4v) is 3.13. The number of fused-ring (bicyclic) bond motifs is 2. The molecular formula is C17H21NO6. The Labute approximate surface area is 139 Å². The van der Waals surface area contributed by atoms with E-state index in [0.29, 0.717) is 25.0 Å². The lowest BCUT2D eigenvalue weighted by molar-refractivity contribution is -0.125. The van der Waals surface area contributed by atoms with Crippen molar-refractivity contribution < 1.29 is 23.5 Å². The van der Waals surface area contributed by atoms with Gasteiger partial charge in [-0.1, -0.05) is 0 Å². The molecule has 3 rings (SSSR count). The van der Waals surface area contributed by atoms with Crippen molar-refractivity contribution >= 4 is 17.6 Å². The summed E-state index contributed by atoms with van der Waals surface area (Å²) < 4.78 is 16.4. The van der Waals surface area contributed by atoms with Gasteiger partial charge in [0.1, 0.15) is 23.5 Å². The van der Waals surface area contributed by atoms with E-state index < -0.39 is 29.5 Å². The van der Waals surface area contributed by atoms with Crippen LogP contribution >= 0.6 is 0 Å². The van der Waals surface area contributed by atoms with Gasteiger partial charge in [0.2, 0.25) is 0 Å². The lowest BCUT2D eigenvalue weighted by Crippen LogP contribution is -2.60. The first-order chi connectivity index (χ1) is 11.2. The molecule has 130 valence electrons. The largest absolute Gasteiger partial charge is 0.485 e. The van der Waals surface area contributed by atoms with Gasteiger partial charge in [-0.2, -0.15) is 0 Å². The average molecular weight is 335 g/mol. The third-order valence-electron chi connectivity index (χ3n) is 4.00. The first-order valence-corrected chi connectivity index (χ1v) is 8.04. The molecule has 2 atom stereocenters. The Kier molecular flexibility index (Phi) is 3.89. The molecule has 1 aliphatic carbocycles. The molecule has 0 unspecified atom stereocenters. The minimum Gasteiger partial charge on any atom is -0.485 e. The monoisotopic (exact) mass is 335 g/mol. The van der Waals surface area contributed by atoms with Crippen molar-refractivity contribution in [2.45, 2.75) is 64.7 Å². The number of rotatable bonds is 0. The van der Waals surface area contributed by atoms with Crippen LogP contribution in [0.2, 0.25) is 0 Å². The second kappa shape index (κ2) is 5.65. The molecule has 24 heavy (non-hydrogen) atoms. The van der Waals surface area contributed by atoms with Crippen LogP contribution in [0.25, 0.3) is 0 Å². The van der Waals surface area contributed by atoms with E-state index in [1.807, 2.05) is 0 Å². The van der Waals surface area contributed by atoms with E-state index in [1.165, 1.54) is 0 Å². The van der Waals surface area contributed by atoms with Crippen LogP contribution in [0, 0.1) is 6.92 Å². The van der Waals surface area contributed by atoms with Gasteiger partial charge >= 0.3 is 11.7 Å². The molecule has 1 amide bonds. The molecule has 1 aliphatic heterocycles. The molecule has 0 bridgehead atoms. The van der Waals surface area contributed by atoms with E-state index in [2.05, 4.69) is 0 Å². The zero-order chi connectivity index (χ0) is 17.6. The molecule has 2 heterocycles.